The van der Waals surface area contributed by atoms with Crippen LogP contribution >= 0.6 is 12.6 Å². The Kier molecular flexibility index (Phi) is 2.77. The number of aryl methyl sites for hydroxylation is 1. The molecule has 1 heteroatoms. The molecule has 1 rings (SSSR count). The Morgan fingerprint density at radius 3 is 2.82 bits per heavy atom. The van der Waals surface area contributed by atoms with Gasteiger partial charge >= 0.3 is 0 Å². The van der Waals surface area contributed by atoms with Crippen LogP contribution in [0.1, 0.15) is 18.1 Å². The van der Waals surface area contributed by atoms with E-state index in [2.05, 4.69) is 32.2 Å². The zero-order valence-corrected chi connectivity index (χ0v) is 7.57. The van der Waals surface area contributed by atoms with Crippen molar-refractivity contribution in [2.75, 3.05) is 0 Å². The van der Waals surface area contributed by atoms with E-state index in [1.54, 1.807) is 0 Å². The highest BCUT2D eigenvalue weighted by atomic mass is 32.1. The van der Waals surface area contributed by atoms with E-state index in [-0.39, 0.29) is 0 Å². The molecule has 0 heterocycles. The second kappa shape index (κ2) is 3.63. The minimum atomic E-state index is 0.997. The van der Waals surface area contributed by atoms with E-state index in [0.29, 0.717) is 0 Å². The van der Waals surface area contributed by atoms with Gasteiger partial charge in [-0.3, -0.25) is 0 Å². The fourth-order valence-electron chi connectivity index (χ4n) is 1.09. The van der Waals surface area contributed by atoms with Gasteiger partial charge in [0.15, 0.2) is 0 Å². The Morgan fingerprint density at radius 1 is 1.55 bits per heavy atom. The molecular weight excluding hydrogens is 152 g/mol. The van der Waals surface area contributed by atoms with E-state index in [1.807, 2.05) is 18.2 Å². The fraction of sp³-hybridized carbons (Fsp3) is 0.200. The Hall–Kier alpha value is -0.690. The van der Waals surface area contributed by atoms with Gasteiger partial charge in [-0.1, -0.05) is 25.6 Å². The number of hydrogen-bond acceptors (Lipinski definition) is 1. The highest BCUT2D eigenvalue weighted by Gasteiger charge is 1.95. The fourth-order valence-corrected chi connectivity index (χ4v) is 1.31. The van der Waals surface area contributed by atoms with Crippen molar-refractivity contribution in [2.45, 2.75) is 18.2 Å². The molecule has 0 amide bonds. The molecule has 1 aromatic carbocycles. The molecule has 0 saturated carbocycles. The summed E-state index contributed by atoms with van der Waals surface area (Å²) < 4.78 is 0. The van der Waals surface area contributed by atoms with Gasteiger partial charge in [-0.05, 0) is 29.7 Å². The van der Waals surface area contributed by atoms with Gasteiger partial charge in [-0.15, -0.1) is 12.6 Å². The summed E-state index contributed by atoms with van der Waals surface area (Å²) in [7, 11) is 0. The lowest BCUT2D eigenvalue weighted by Crippen LogP contribution is -1.84. The summed E-state index contributed by atoms with van der Waals surface area (Å²) in [5.41, 5.74) is 2.53. The average Bonchev–Trinajstić information content (AvgIpc) is 2.04. The summed E-state index contributed by atoms with van der Waals surface area (Å²) in [4.78, 5) is 0.997. The second-order valence-electron chi connectivity index (χ2n) is 2.44. The third-order valence-corrected chi connectivity index (χ3v) is 2.01. The van der Waals surface area contributed by atoms with E-state index in [1.165, 1.54) is 11.1 Å². The van der Waals surface area contributed by atoms with Crippen LogP contribution in [0.2, 0.25) is 0 Å². The van der Waals surface area contributed by atoms with E-state index >= 15 is 0 Å². The van der Waals surface area contributed by atoms with E-state index in [4.69, 9.17) is 0 Å². The molecular formula is C10H12S. The SMILES string of the molecule is C=Cc1cc(S)ccc1CC. The van der Waals surface area contributed by atoms with Crippen molar-refractivity contribution in [1.82, 2.24) is 0 Å². The van der Waals surface area contributed by atoms with Gasteiger partial charge in [0.05, 0.1) is 0 Å². The first-order valence-corrected chi connectivity index (χ1v) is 4.17. The predicted molar refractivity (Wildman–Crippen MR) is 53.2 cm³/mol. The zero-order valence-electron chi connectivity index (χ0n) is 6.67. The summed E-state index contributed by atoms with van der Waals surface area (Å²) in [5, 5.41) is 0. The molecule has 0 aliphatic carbocycles. The van der Waals surface area contributed by atoms with Crippen LogP contribution in [0.15, 0.2) is 29.7 Å². The summed E-state index contributed by atoms with van der Waals surface area (Å²) in [6.45, 7) is 5.89. The molecule has 11 heavy (non-hydrogen) atoms. The van der Waals surface area contributed by atoms with Crippen LogP contribution in [0.4, 0.5) is 0 Å². The standard InChI is InChI=1S/C10H12S/c1-3-8-5-6-10(11)7-9(8)4-2/h4-7,11H,2-3H2,1H3. The Labute approximate surface area is 73.4 Å². The average molecular weight is 164 g/mol. The van der Waals surface area contributed by atoms with E-state index < -0.39 is 0 Å². The van der Waals surface area contributed by atoms with Crippen LogP contribution in [0.25, 0.3) is 6.08 Å². The van der Waals surface area contributed by atoms with Crippen molar-refractivity contribution < 1.29 is 0 Å². The first-order valence-electron chi connectivity index (χ1n) is 3.72. The molecule has 0 N–H and O–H groups in total. The van der Waals surface area contributed by atoms with Crippen LogP contribution in [0.5, 0.6) is 0 Å². The lowest BCUT2D eigenvalue weighted by Gasteiger charge is -2.02. The van der Waals surface area contributed by atoms with Crippen molar-refractivity contribution in [3.63, 3.8) is 0 Å². The topological polar surface area (TPSA) is 0 Å². The van der Waals surface area contributed by atoms with E-state index in [9.17, 15) is 0 Å². The summed E-state index contributed by atoms with van der Waals surface area (Å²) >= 11 is 4.25. The second-order valence-corrected chi connectivity index (χ2v) is 2.96. The number of hydrogen-bond donors (Lipinski definition) is 1. The van der Waals surface area contributed by atoms with Gasteiger partial charge in [-0.25, -0.2) is 0 Å². The van der Waals surface area contributed by atoms with Crippen molar-refractivity contribution >= 4 is 18.7 Å². The van der Waals surface area contributed by atoms with E-state index in [0.717, 1.165) is 11.3 Å². The first-order chi connectivity index (χ1) is 5.27. The molecule has 58 valence electrons. The molecule has 0 atom stereocenters. The third kappa shape index (κ3) is 1.87. The van der Waals surface area contributed by atoms with Gasteiger partial charge in [0.2, 0.25) is 0 Å². The molecule has 0 aliphatic rings. The van der Waals surface area contributed by atoms with Crippen molar-refractivity contribution in [3.05, 3.63) is 35.9 Å². The molecule has 1 aromatic rings. The van der Waals surface area contributed by atoms with Gasteiger partial charge < -0.3 is 0 Å². The summed E-state index contributed by atoms with van der Waals surface area (Å²) in [5.74, 6) is 0. The maximum Gasteiger partial charge on any atom is 0.00461 e. The van der Waals surface area contributed by atoms with Crippen molar-refractivity contribution in [3.8, 4) is 0 Å². The van der Waals surface area contributed by atoms with Crippen molar-refractivity contribution in [2.24, 2.45) is 0 Å². The molecule has 0 fully saturated rings. The number of benzene rings is 1. The molecule has 0 aromatic heterocycles. The lowest BCUT2D eigenvalue weighted by molar-refractivity contribution is 1.12. The van der Waals surface area contributed by atoms with Crippen LogP contribution in [0, 0.1) is 0 Å². The molecule has 0 saturated heterocycles. The molecule has 0 unspecified atom stereocenters. The van der Waals surface area contributed by atoms with Gasteiger partial charge in [-0.2, -0.15) is 0 Å². The maximum atomic E-state index is 4.25. The molecule has 0 nitrogen and oxygen atoms in total. The quantitative estimate of drug-likeness (QED) is 0.638. The molecule has 0 aliphatic heterocycles. The van der Waals surface area contributed by atoms with Crippen LogP contribution < -0.4 is 0 Å². The summed E-state index contributed by atoms with van der Waals surface area (Å²) in [6, 6.07) is 6.14. The normalized spacial score (nSPS) is 9.64. The summed E-state index contributed by atoms with van der Waals surface area (Å²) in [6.07, 6.45) is 2.92. The predicted octanol–water partition coefficient (Wildman–Crippen LogP) is 3.18. The minimum absolute atomic E-state index is 0.997. The highest BCUT2D eigenvalue weighted by molar-refractivity contribution is 7.80. The van der Waals surface area contributed by atoms with Gasteiger partial charge in [0, 0.05) is 4.90 Å². The number of rotatable bonds is 2. The van der Waals surface area contributed by atoms with Crippen LogP contribution in [0.3, 0.4) is 0 Å². The Balaban J connectivity index is 3.16. The first kappa shape index (κ1) is 8.41. The zero-order chi connectivity index (χ0) is 8.27. The van der Waals surface area contributed by atoms with Gasteiger partial charge in [0.1, 0.15) is 0 Å². The van der Waals surface area contributed by atoms with Crippen molar-refractivity contribution in [1.29, 1.82) is 0 Å². The monoisotopic (exact) mass is 164 g/mol. The third-order valence-electron chi connectivity index (χ3n) is 1.73. The maximum absolute atomic E-state index is 4.25. The molecule has 0 spiro atoms. The lowest BCUT2D eigenvalue weighted by atomic mass is 10.1. The smallest absolute Gasteiger partial charge is 0.00461 e. The van der Waals surface area contributed by atoms with Crippen LogP contribution in [-0.4, -0.2) is 0 Å². The number of thiol groups is 1. The van der Waals surface area contributed by atoms with Gasteiger partial charge in [0.25, 0.3) is 0 Å². The minimum Gasteiger partial charge on any atom is -0.143 e. The highest BCUT2D eigenvalue weighted by Crippen LogP contribution is 2.15. The Bertz CT molecular complexity index is 264. The molecule has 0 radical (unpaired) electrons. The molecule has 0 bridgehead atoms. The largest absolute Gasteiger partial charge is 0.143 e. The van der Waals surface area contributed by atoms with Crippen LogP contribution in [-0.2, 0) is 6.42 Å². The Morgan fingerprint density at radius 2 is 2.27 bits per heavy atom.